The van der Waals surface area contributed by atoms with Crippen molar-refractivity contribution in [3.05, 3.63) is 0 Å². The van der Waals surface area contributed by atoms with E-state index in [-0.39, 0.29) is 0 Å². The summed E-state index contributed by atoms with van der Waals surface area (Å²) >= 11 is 0. The molecule has 0 bridgehead atoms. The Bertz CT molecular complexity index is 325. The molecule has 5 heteroatoms. The Balaban J connectivity index is 6.06. The molecule has 0 aromatic heterocycles. The van der Waals surface area contributed by atoms with E-state index in [1.54, 1.807) is 0 Å². The highest BCUT2D eigenvalue weighted by molar-refractivity contribution is 7.56. The second-order valence-corrected chi connectivity index (χ2v) is 11.2. The van der Waals surface area contributed by atoms with E-state index in [1.165, 1.54) is 0 Å². The second-order valence-electron chi connectivity index (χ2n) is 8.50. The monoisotopic (exact) mass is 431 g/mol. The number of hydrogen-bond acceptors (Lipinski definition) is 1. The summed E-state index contributed by atoms with van der Waals surface area (Å²) in [6.45, 7) is 19.3. The molecule has 0 atom stereocenters. The normalized spacial score (nSPS) is 12.6. The Kier molecular flexibility index (Phi) is 18.9. The van der Waals surface area contributed by atoms with Crippen molar-refractivity contribution in [3.8, 4) is 0 Å². The maximum Gasteiger partial charge on any atom is 0.286 e. The zero-order valence-corrected chi connectivity index (χ0v) is 21.8. The van der Waals surface area contributed by atoms with Crippen molar-refractivity contribution < 1.29 is 4.57 Å². The minimum absolute atomic E-state index is 0.970. The minimum atomic E-state index is -2.73. The van der Waals surface area contributed by atoms with Gasteiger partial charge in [0.25, 0.3) is 7.59 Å². The summed E-state index contributed by atoms with van der Waals surface area (Å²) < 4.78 is 22.4. The van der Waals surface area contributed by atoms with E-state index in [4.69, 9.17) is 0 Å². The fourth-order valence-corrected chi connectivity index (χ4v) is 7.18. The quantitative estimate of drug-likeness (QED) is 0.173. The molecule has 176 valence electrons. The predicted octanol–water partition coefficient (Wildman–Crippen LogP) is 7.80. The SMILES string of the molecule is CCCCN(CCCC)P(=O)(N(CCCC)CCCC)N(CCCC)CCCC. The third kappa shape index (κ3) is 10.8. The van der Waals surface area contributed by atoms with Gasteiger partial charge in [0.05, 0.1) is 0 Å². The fraction of sp³-hybridized carbons (Fsp3) is 1.00. The van der Waals surface area contributed by atoms with Crippen molar-refractivity contribution in [2.45, 2.75) is 119 Å². The number of hydrogen-bond donors (Lipinski definition) is 0. The maximum atomic E-state index is 15.1. The van der Waals surface area contributed by atoms with Crippen LogP contribution in [-0.2, 0) is 4.57 Å². The van der Waals surface area contributed by atoms with Gasteiger partial charge in [0.15, 0.2) is 0 Å². The van der Waals surface area contributed by atoms with Crippen LogP contribution in [0.4, 0.5) is 0 Å². The average Bonchev–Trinajstić information content (AvgIpc) is 2.73. The van der Waals surface area contributed by atoms with Gasteiger partial charge in [-0.2, -0.15) is 0 Å². The van der Waals surface area contributed by atoms with Crippen LogP contribution in [0.3, 0.4) is 0 Å². The Morgan fingerprint density at radius 1 is 0.414 bits per heavy atom. The lowest BCUT2D eigenvalue weighted by Crippen LogP contribution is -2.43. The van der Waals surface area contributed by atoms with Crippen LogP contribution in [-0.4, -0.2) is 53.3 Å². The van der Waals surface area contributed by atoms with Gasteiger partial charge in [0, 0.05) is 39.3 Å². The molecule has 0 heterocycles. The average molecular weight is 432 g/mol. The van der Waals surface area contributed by atoms with Gasteiger partial charge in [-0.25, -0.2) is 14.0 Å². The van der Waals surface area contributed by atoms with Crippen LogP contribution >= 0.6 is 7.59 Å². The van der Waals surface area contributed by atoms with E-state index in [2.05, 4.69) is 55.6 Å². The number of unbranched alkanes of at least 4 members (excludes halogenated alkanes) is 6. The van der Waals surface area contributed by atoms with E-state index in [0.29, 0.717) is 0 Å². The molecular weight excluding hydrogens is 377 g/mol. The summed E-state index contributed by atoms with van der Waals surface area (Å²) in [5.74, 6) is 0. The van der Waals surface area contributed by atoms with E-state index in [1.807, 2.05) is 0 Å². The zero-order chi connectivity index (χ0) is 22.0. The van der Waals surface area contributed by atoms with E-state index in [9.17, 15) is 0 Å². The molecule has 0 saturated heterocycles. The van der Waals surface area contributed by atoms with Gasteiger partial charge in [0.1, 0.15) is 0 Å². The standard InChI is InChI=1S/C24H54N3OP/c1-7-13-19-25(20-14-8-2)29(28,26(21-15-9-3)22-16-10-4)27(23-17-11-5)24-18-12-6/h7-24H2,1-6H3. The summed E-state index contributed by atoms with van der Waals surface area (Å²) in [5, 5.41) is 0. The number of nitrogens with zero attached hydrogens (tertiary/aromatic N) is 3. The molecule has 0 unspecified atom stereocenters. The Morgan fingerprint density at radius 2 is 0.586 bits per heavy atom. The lowest BCUT2D eigenvalue weighted by atomic mass is 10.3. The molecule has 4 nitrogen and oxygen atoms in total. The van der Waals surface area contributed by atoms with Crippen LogP contribution < -0.4 is 0 Å². The first-order chi connectivity index (χ1) is 14.1. The lowest BCUT2D eigenvalue weighted by Gasteiger charge is -2.45. The maximum absolute atomic E-state index is 15.1. The molecule has 0 amide bonds. The van der Waals surface area contributed by atoms with Crippen molar-refractivity contribution in [2.75, 3.05) is 39.3 Å². The highest BCUT2D eigenvalue weighted by Gasteiger charge is 2.41. The molecule has 0 aliphatic carbocycles. The number of rotatable bonds is 21. The van der Waals surface area contributed by atoms with Crippen molar-refractivity contribution in [3.63, 3.8) is 0 Å². The van der Waals surface area contributed by atoms with Gasteiger partial charge >= 0.3 is 0 Å². The summed E-state index contributed by atoms with van der Waals surface area (Å²) in [5.41, 5.74) is 0. The van der Waals surface area contributed by atoms with Gasteiger partial charge in [0.2, 0.25) is 0 Å². The first-order valence-electron chi connectivity index (χ1n) is 12.9. The summed E-state index contributed by atoms with van der Waals surface area (Å²) in [6.07, 6.45) is 13.8. The van der Waals surface area contributed by atoms with Crippen molar-refractivity contribution in [1.82, 2.24) is 14.0 Å². The van der Waals surface area contributed by atoms with E-state index in [0.717, 1.165) is 116 Å². The summed E-state index contributed by atoms with van der Waals surface area (Å²) in [6, 6.07) is 0. The van der Waals surface area contributed by atoms with Crippen LogP contribution in [0.5, 0.6) is 0 Å². The smallest absolute Gasteiger partial charge is 0.270 e. The molecule has 0 radical (unpaired) electrons. The van der Waals surface area contributed by atoms with E-state index < -0.39 is 7.59 Å². The molecule has 0 aromatic rings. The molecule has 0 aliphatic heterocycles. The largest absolute Gasteiger partial charge is 0.286 e. The van der Waals surface area contributed by atoms with Gasteiger partial charge in [-0.15, -0.1) is 0 Å². The van der Waals surface area contributed by atoms with Crippen molar-refractivity contribution >= 4 is 7.59 Å². The molecule has 0 spiro atoms. The first kappa shape index (κ1) is 29.1. The van der Waals surface area contributed by atoms with Crippen LogP contribution in [0.2, 0.25) is 0 Å². The molecule has 0 rings (SSSR count). The van der Waals surface area contributed by atoms with Crippen LogP contribution in [0.15, 0.2) is 0 Å². The Hall–Kier alpha value is 0.110. The highest BCUT2D eigenvalue weighted by Crippen LogP contribution is 2.57. The first-order valence-corrected chi connectivity index (χ1v) is 14.5. The predicted molar refractivity (Wildman–Crippen MR) is 132 cm³/mol. The molecule has 0 aliphatic rings. The molecule has 0 N–H and O–H groups in total. The summed E-state index contributed by atoms with van der Waals surface area (Å²) in [7, 11) is -2.73. The topological polar surface area (TPSA) is 26.8 Å². The molecule has 0 fully saturated rings. The van der Waals surface area contributed by atoms with Crippen LogP contribution in [0.25, 0.3) is 0 Å². The van der Waals surface area contributed by atoms with Crippen molar-refractivity contribution in [1.29, 1.82) is 0 Å². The highest BCUT2D eigenvalue weighted by atomic mass is 31.2. The van der Waals surface area contributed by atoms with Gasteiger partial charge in [-0.1, -0.05) is 80.1 Å². The Labute approximate surface area is 184 Å². The molecule has 0 aromatic carbocycles. The van der Waals surface area contributed by atoms with Crippen LogP contribution in [0.1, 0.15) is 119 Å². The molecule has 0 saturated carbocycles. The molecular formula is C24H54N3OP. The second kappa shape index (κ2) is 18.8. The third-order valence-electron chi connectivity index (χ3n) is 5.72. The minimum Gasteiger partial charge on any atom is -0.270 e. The summed E-state index contributed by atoms with van der Waals surface area (Å²) in [4.78, 5) is 0. The third-order valence-corrected chi connectivity index (χ3v) is 9.13. The van der Waals surface area contributed by atoms with E-state index >= 15 is 4.57 Å². The van der Waals surface area contributed by atoms with Gasteiger partial charge in [-0.3, -0.25) is 4.57 Å². The lowest BCUT2D eigenvalue weighted by molar-refractivity contribution is 0.252. The van der Waals surface area contributed by atoms with Gasteiger partial charge < -0.3 is 0 Å². The fourth-order valence-electron chi connectivity index (χ4n) is 3.70. The Morgan fingerprint density at radius 3 is 0.724 bits per heavy atom. The van der Waals surface area contributed by atoms with Gasteiger partial charge in [-0.05, 0) is 38.5 Å². The molecule has 29 heavy (non-hydrogen) atoms. The van der Waals surface area contributed by atoms with Crippen LogP contribution in [0, 0.1) is 0 Å². The zero-order valence-electron chi connectivity index (χ0n) is 20.9. The van der Waals surface area contributed by atoms with Crippen molar-refractivity contribution in [2.24, 2.45) is 0 Å².